The number of amides is 2. The van der Waals surface area contributed by atoms with E-state index in [4.69, 9.17) is 16.3 Å². The van der Waals surface area contributed by atoms with Crippen molar-refractivity contribution in [1.82, 2.24) is 14.8 Å². The maximum absolute atomic E-state index is 14.0. The molecular weight excluding hydrogens is 506 g/mol. The van der Waals surface area contributed by atoms with Crippen molar-refractivity contribution < 1.29 is 14.3 Å². The summed E-state index contributed by atoms with van der Waals surface area (Å²) < 4.78 is 7.55. The molecule has 1 aliphatic heterocycles. The summed E-state index contributed by atoms with van der Waals surface area (Å²) in [5, 5.41) is 5.69. The third-order valence-corrected chi connectivity index (χ3v) is 8.19. The van der Waals surface area contributed by atoms with Gasteiger partial charge in [-0.15, -0.1) is 0 Å². The van der Waals surface area contributed by atoms with Crippen LogP contribution in [0.15, 0.2) is 77.8 Å². The van der Waals surface area contributed by atoms with E-state index >= 15 is 0 Å². The fourth-order valence-corrected chi connectivity index (χ4v) is 6.13. The Balaban J connectivity index is 1.53. The average molecular weight is 534 g/mol. The van der Waals surface area contributed by atoms with Gasteiger partial charge in [0.2, 0.25) is 11.8 Å². The van der Waals surface area contributed by atoms with Crippen molar-refractivity contribution in [3.63, 3.8) is 0 Å². The van der Waals surface area contributed by atoms with E-state index in [1.165, 1.54) is 11.8 Å². The molecule has 2 heterocycles. The minimum absolute atomic E-state index is 0.0586. The van der Waals surface area contributed by atoms with Crippen LogP contribution in [0.5, 0.6) is 5.75 Å². The van der Waals surface area contributed by atoms with Crippen molar-refractivity contribution in [1.29, 1.82) is 0 Å². The number of para-hydroxylation sites is 2. The number of nitrogens with one attached hydrogen (secondary N) is 1. The minimum atomic E-state index is -0.759. The number of carbonyl (C=O) groups is 2. The molecule has 0 radical (unpaired) electrons. The first kappa shape index (κ1) is 25.2. The van der Waals surface area contributed by atoms with Crippen LogP contribution < -0.4 is 10.1 Å². The molecule has 0 saturated heterocycles. The largest absolute Gasteiger partial charge is 0.496 e. The van der Waals surface area contributed by atoms with Crippen LogP contribution in [0.25, 0.3) is 10.9 Å². The molecule has 1 aliphatic rings. The second kappa shape index (κ2) is 10.9. The number of aryl methyl sites for hydroxylation is 1. The summed E-state index contributed by atoms with van der Waals surface area (Å²) >= 11 is 7.55. The predicted molar refractivity (Wildman–Crippen MR) is 148 cm³/mol. The fraction of sp³-hybridized carbons (Fsp3) is 0.241. The Labute approximate surface area is 225 Å². The lowest BCUT2D eigenvalue weighted by atomic mass is 10.0. The SMILES string of the molecule is COc1ccccc1CNC(=O)[C@@H]1c2c(n(C)c3ccccc23)SCC(=O)N1CCc1ccc(Cl)cc1. The van der Waals surface area contributed by atoms with Gasteiger partial charge in [0.15, 0.2) is 0 Å². The van der Waals surface area contributed by atoms with E-state index in [1.54, 1.807) is 12.0 Å². The highest BCUT2D eigenvalue weighted by Gasteiger charge is 2.38. The molecule has 5 rings (SSSR count). The summed E-state index contributed by atoms with van der Waals surface area (Å²) in [5.74, 6) is 0.710. The maximum Gasteiger partial charge on any atom is 0.247 e. The number of ether oxygens (including phenoxy) is 1. The highest BCUT2D eigenvalue weighted by molar-refractivity contribution is 8.00. The predicted octanol–water partition coefficient (Wildman–Crippen LogP) is 5.37. The first-order valence-corrected chi connectivity index (χ1v) is 13.5. The van der Waals surface area contributed by atoms with Gasteiger partial charge in [0.1, 0.15) is 11.8 Å². The Morgan fingerprint density at radius 3 is 2.59 bits per heavy atom. The lowest BCUT2D eigenvalue weighted by Gasteiger charge is -2.30. The van der Waals surface area contributed by atoms with Gasteiger partial charge in [0.25, 0.3) is 0 Å². The topological polar surface area (TPSA) is 63.6 Å². The van der Waals surface area contributed by atoms with Gasteiger partial charge in [-0.2, -0.15) is 0 Å². The monoisotopic (exact) mass is 533 g/mol. The number of thioether (sulfide) groups is 1. The molecule has 3 aromatic carbocycles. The van der Waals surface area contributed by atoms with Crippen LogP contribution in [-0.4, -0.2) is 40.7 Å². The van der Waals surface area contributed by atoms with Crippen LogP contribution >= 0.6 is 23.4 Å². The first-order valence-electron chi connectivity index (χ1n) is 12.1. The molecule has 0 saturated carbocycles. The van der Waals surface area contributed by atoms with Crippen molar-refractivity contribution >= 4 is 46.1 Å². The summed E-state index contributed by atoms with van der Waals surface area (Å²) in [7, 11) is 3.61. The van der Waals surface area contributed by atoms with E-state index in [0.29, 0.717) is 30.3 Å². The molecule has 1 N–H and O–H groups in total. The van der Waals surface area contributed by atoms with Crippen LogP contribution in [0, 0.1) is 0 Å². The van der Waals surface area contributed by atoms with Gasteiger partial charge in [0, 0.05) is 47.2 Å². The van der Waals surface area contributed by atoms with Crippen LogP contribution in [0.1, 0.15) is 22.7 Å². The minimum Gasteiger partial charge on any atom is -0.496 e. The van der Waals surface area contributed by atoms with E-state index < -0.39 is 6.04 Å². The number of rotatable bonds is 7. The maximum atomic E-state index is 14.0. The van der Waals surface area contributed by atoms with Crippen molar-refractivity contribution in [2.45, 2.75) is 24.0 Å². The third kappa shape index (κ3) is 5.06. The number of carbonyl (C=O) groups excluding carboxylic acids is 2. The summed E-state index contributed by atoms with van der Waals surface area (Å²) in [5.41, 5.74) is 3.84. The van der Waals surface area contributed by atoms with Gasteiger partial charge in [-0.05, 0) is 36.2 Å². The summed E-state index contributed by atoms with van der Waals surface area (Å²) in [6.07, 6.45) is 0.615. The Hall–Kier alpha value is -3.42. The van der Waals surface area contributed by atoms with E-state index in [1.807, 2.05) is 79.8 Å². The second-order valence-corrected chi connectivity index (χ2v) is 10.4. The molecule has 2 amide bonds. The van der Waals surface area contributed by atoms with E-state index in [2.05, 4.69) is 9.88 Å². The number of nitrogens with zero attached hydrogens (tertiary/aromatic N) is 2. The highest BCUT2D eigenvalue weighted by Crippen LogP contribution is 2.41. The smallest absolute Gasteiger partial charge is 0.247 e. The number of methoxy groups -OCH3 is 1. The molecule has 0 bridgehead atoms. The number of fused-ring (bicyclic) bond motifs is 3. The van der Waals surface area contributed by atoms with E-state index in [-0.39, 0.29) is 17.6 Å². The zero-order chi connectivity index (χ0) is 25.9. The molecule has 8 heteroatoms. The Bertz CT molecular complexity index is 1450. The second-order valence-electron chi connectivity index (χ2n) is 8.98. The number of hydrogen-bond acceptors (Lipinski definition) is 4. The lowest BCUT2D eigenvalue weighted by molar-refractivity contribution is -0.138. The standard InChI is InChI=1S/C29H28ClN3O3S/c1-32-23-9-5-4-8-22(23)26-27(28(35)31-17-20-7-3-6-10-24(20)36-2)33(25(34)18-37-29(26)32)16-15-19-11-13-21(30)14-12-19/h3-14,27H,15-18H2,1-2H3,(H,31,35)/t27-/m0/s1. The Morgan fingerprint density at radius 2 is 1.81 bits per heavy atom. The molecule has 1 atom stereocenters. The molecule has 1 aromatic heterocycles. The van der Waals surface area contributed by atoms with Crippen LogP contribution in [0.3, 0.4) is 0 Å². The molecule has 4 aromatic rings. The van der Waals surface area contributed by atoms with Gasteiger partial charge in [0.05, 0.1) is 17.9 Å². The normalized spacial score (nSPS) is 15.4. The molecule has 37 heavy (non-hydrogen) atoms. The van der Waals surface area contributed by atoms with Gasteiger partial charge in [-0.1, -0.05) is 71.9 Å². The zero-order valence-electron chi connectivity index (χ0n) is 20.7. The van der Waals surface area contributed by atoms with Crippen molar-refractivity contribution in [2.24, 2.45) is 7.05 Å². The quantitative estimate of drug-likeness (QED) is 0.347. The average Bonchev–Trinajstić information content (AvgIpc) is 3.10. The first-order chi connectivity index (χ1) is 18.0. The highest BCUT2D eigenvalue weighted by atomic mass is 35.5. The van der Waals surface area contributed by atoms with Crippen LogP contribution in [0.4, 0.5) is 0 Å². The molecule has 0 spiro atoms. The van der Waals surface area contributed by atoms with Crippen molar-refractivity contribution in [3.8, 4) is 5.75 Å². The summed E-state index contributed by atoms with van der Waals surface area (Å²) in [6, 6.07) is 22.5. The van der Waals surface area contributed by atoms with E-state index in [9.17, 15) is 9.59 Å². The Morgan fingerprint density at radius 1 is 1.08 bits per heavy atom. The van der Waals surface area contributed by atoms with Crippen molar-refractivity contribution in [2.75, 3.05) is 19.4 Å². The molecular formula is C29H28ClN3O3S. The van der Waals surface area contributed by atoms with E-state index in [0.717, 1.165) is 32.6 Å². The Kier molecular flexibility index (Phi) is 7.44. The zero-order valence-corrected chi connectivity index (χ0v) is 22.3. The lowest BCUT2D eigenvalue weighted by Crippen LogP contribution is -2.44. The number of hydrogen-bond donors (Lipinski definition) is 1. The third-order valence-electron chi connectivity index (χ3n) is 6.78. The molecule has 190 valence electrons. The molecule has 0 fully saturated rings. The molecule has 0 unspecified atom stereocenters. The summed E-state index contributed by atoms with van der Waals surface area (Å²) in [4.78, 5) is 29.2. The van der Waals surface area contributed by atoms with Gasteiger partial charge in [-0.3, -0.25) is 9.59 Å². The van der Waals surface area contributed by atoms with Gasteiger partial charge < -0.3 is 19.5 Å². The van der Waals surface area contributed by atoms with Crippen LogP contribution in [-0.2, 0) is 29.6 Å². The number of benzene rings is 3. The fourth-order valence-electron chi connectivity index (χ4n) is 4.91. The molecule has 6 nitrogen and oxygen atoms in total. The van der Waals surface area contributed by atoms with Crippen LogP contribution in [0.2, 0.25) is 5.02 Å². The summed E-state index contributed by atoms with van der Waals surface area (Å²) in [6.45, 7) is 0.711. The molecule has 0 aliphatic carbocycles. The number of aromatic nitrogens is 1. The number of halogens is 1. The van der Waals surface area contributed by atoms with Gasteiger partial charge >= 0.3 is 0 Å². The van der Waals surface area contributed by atoms with Crippen molar-refractivity contribution in [3.05, 3.63) is 94.5 Å². The van der Waals surface area contributed by atoms with Gasteiger partial charge in [-0.25, -0.2) is 0 Å².